The first-order chi connectivity index (χ1) is 9.76. The van der Waals surface area contributed by atoms with Gasteiger partial charge < -0.3 is 20.3 Å². The molecule has 1 aromatic rings. The molecule has 3 N–H and O–H groups in total. The Morgan fingerprint density at radius 2 is 1.86 bits per heavy atom. The zero-order valence-electron chi connectivity index (χ0n) is 13.0. The highest BCUT2D eigenvalue weighted by molar-refractivity contribution is 6.30. The summed E-state index contributed by atoms with van der Waals surface area (Å²) in [4.78, 5) is 0. The van der Waals surface area contributed by atoms with Crippen molar-refractivity contribution in [2.24, 2.45) is 5.41 Å². The number of benzene rings is 1. The molecule has 4 nitrogen and oxygen atoms in total. The molecule has 0 saturated carbocycles. The molecule has 0 spiro atoms. The fourth-order valence-electron chi connectivity index (χ4n) is 2.00. The van der Waals surface area contributed by atoms with Crippen LogP contribution in [-0.4, -0.2) is 42.1 Å². The van der Waals surface area contributed by atoms with Gasteiger partial charge in [-0.05, 0) is 30.0 Å². The van der Waals surface area contributed by atoms with Crippen molar-refractivity contribution >= 4 is 11.6 Å². The summed E-state index contributed by atoms with van der Waals surface area (Å²) in [5.74, 6) is 0.634. The molecule has 2 atom stereocenters. The zero-order valence-corrected chi connectivity index (χ0v) is 13.7. The minimum Gasteiger partial charge on any atom is -0.491 e. The number of hydrogen-bond donors (Lipinski definition) is 3. The first-order valence-corrected chi connectivity index (χ1v) is 7.59. The van der Waals surface area contributed by atoms with E-state index in [0.29, 0.717) is 23.9 Å². The summed E-state index contributed by atoms with van der Waals surface area (Å²) in [7, 11) is 0. The second-order valence-electron chi connectivity index (χ2n) is 6.50. The predicted molar refractivity (Wildman–Crippen MR) is 85.9 cm³/mol. The second kappa shape index (κ2) is 8.59. The molecule has 0 aromatic heterocycles. The van der Waals surface area contributed by atoms with E-state index in [1.54, 1.807) is 24.3 Å². The van der Waals surface area contributed by atoms with Crippen LogP contribution in [0.5, 0.6) is 5.75 Å². The highest BCUT2D eigenvalue weighted by Gasteiger charge is 2.16. The quantitative estimate of drug-likeness (QED) is 0.689. The van der Waals surface area contributed by atoms with Gasteiger partial charge >= 0.3 is 0 Å². The van der Waals surface area contributed by atoms with Crippen molar-refractivity contribution in [1.82, 2.24) is 5.32 Å². The first-order valence-electron chi connectivity index (χ1n) is 7.21. The van der Waals surface area contributed by atoms with E-state index in [4.69, 9.17) is 16.3 Å². The molecule has 1 aromatic carbocycles. The Bertz CT molecular complexity index is 420. The number of aliphatic hydroxyl groups is 2. The summed E-state index contributed by atoms with van der Waals surface area (Å²) in [5, 5.41) is 23.3. The third-order valence-electron chi connectivity index (χ3n) is 2.85. The van der Waals surface area contributed by atoms with Crippen LogP contribution in [0.15, 0.2) is 24.3 Å². The second-order valence-corrected chi connectivity index (χ2v) is 6.94. The molecule has 0 amide bonds. The van der Waals surface area contributed by atoms with Gasteiger partial charge in [0.2, 0.25) is 0 Å². The summed E-state index contributed by atoms with van der Waals surface area (Å²) >= 11 is 5.85. The molecule has 0 fully saturated rings. The summed E-state index contributed by atoms with van der Waals surface area (Å²) in [6.45, 7) is 7.29. The lowest BCUT2D eigenvalue weighted by Crippen LogP contribution is -2.37. The van der Waals surface area contributed by atoms with Crippen molar-refractivity contribution in [3.05, 3.63) is 29.3 Å². The predicted octanol–water partition coefficient (Wildman–Crippen LogP) is 2.47. The molecule has 0 radical (unpaired) electrons. The highest BCUT2D eigenvalue weighted by atomic mass is 35.5. The number of halogens is 1. The van der Waals surface area contributed by atoms with Crippen molar-refractivity contribution in [2.45, 2.75) is 39.4 Å². The minimum absolute atomic E-state index is 0.0927. The van der Waals surface area contributed by atoms with Gasteiger partial charge in [0.05, 0.1) is 6.10 Å². The number of hydrogen-bond acceptors (Lipinski definition) is 4. The Morgan fingerprint density at radius 1 is 1.19 bits per heavy atom. The van der Waals surface area contributed by atoms with E-state index in [2.05, 4.69) is 26.1 Å². The van der Waals surface area contributed by atoms with Gasteiger partial charge in [-0.3, -0.25) is 0 Å². The number of aliphatic hydroxyl groups excluding tert-OH is 2. The number of nitrogens with one attached hydrogen (secondary N) is 1. The lowest BCUT2D eigenvalue weighted by atomic mass is 9.89. The molecule has 0 aliphatic carbocycles. The monoisotopic (exact) mass is 315 g/mol. The van der Waals surface area contributed by atoms with Gasteiger partial charge in [-0.1, -0.05) is 38.4 Å². The van der Waals surface area contributed by atoms with Crippen LogP contribution in [0.3, 0.4) is 0 Å². The van der Waals surface area contributed by atoms with Crippen molar-refractivity contribution < 1.29 is 14.9 Å². The fourth-order valence-corrected chi connectivity index (χ4v) is 2.18. The van der Waals surface area contributed by atoms with Crippen LogP contribution in [0.4, 0.5) is 0 Å². The Kier molecular flexibility index (Phi) is 7.46. The highest BCUT2D eigenvalue weighted by Crippen LogP contribution is 2.20. The topological polar surface area (TPSA) is 61.7 Å². The standard InChI is InChI=1S/C16H26ClNO3/c1-16(2,3)8-13(19)9-18-10-14(20)11-21-15-6-4-5-12(17)7-15/h4-7,13-14,18-20H,8-11H2,1-3H3. The molecule has 0 heterocycles. The third kappa shape index (κ3) is 8.94. The van der Waals surface area contributed by atoms with E-state index >= 15 is 0 Å². The zero-order chi connectivity index (χ0) is 15.9. The third-order valence-corrected chi connectivity index (χ3v) is 3.08. The fraction of sp³-hybridized carbons (Fsp3) is 0.625. The van der Waals surface area contributed by atoms with E-state index in [-0.39, 0.29) is 12.0 Å². The van der Waals surface area contributed by atoms with Crippen LogP contribution in [0.2, 0.25) is 5.02 Å². The lowest BCUT2D eigenvalue weighted by molar-refractivity contribution is 0.0907. The van der Waals surface area contributed by atoms with E-state index < -0.39 is 12.2 Å². The Labute approximate surface area is 132 Å². The van der Waals surface area contributed by atoms with Crippen molar-refractivity contribution in [3.63, 3.8) is 0 Å². The van der Waals surface area contributed by atoms with Gasteiger partial charge in [-0.25, -0.2) is 0 Å². The van der Waals surface area contributed by atoms with Gasteiger partial charge in [0.15, 0.2) is 0 Å². The molecule has 5 heteroatoms. The van der Waals surface area contributed by atoms with Crippen LogP contribution in [-0.2, 0) is 0 Å². The Hall–Kier alpha value is -0.810. The van der Waals surface area contributed by atoms with Crippen LogP contribution < -0.4 is 10.1 Å². The maximum Gasteiger partial charge on any atom is 0.120 e. The molecule has 1 rings (SSSR count). The number of ether oxygens (including phenoxy) is 1. The van der Waals surface area contributed by atoms with Gasteiger partial charge in [0.25, 0.3) is 0 Å². The van der Waals surface area contributed by atoms with Crippen molar-refractivity contribution in [3.8, 4) is 5.75 Å². The van der Waals surface area contributed by atoms with Gasteiger partial charge in [-0.2, -0.15) is 0 Å². The minimum atomic E-state index is -0.634. The van der Waals surface area contributed by atoms with E-state index in [1.165, 1.54) is 0 Å². The molecule has 0 bridgehead atoms. The lowest BCUT2D eigenvalue weighted by Gasteiger charge is -2.23. The van der Waals surface area contributed by atoms with Crippen molar-refractivity contribution in [2.75, 3.05) is 19.7 Å². The van der Waals surface area contributed by atoms with Gasteiger partial charge in [0.1, 0.15) is 18.5 Å². The summed E-state index contributed by atoms with van der Waals surface area (Å²) in [6.07, 6.45) is -0.327. The molecule has 0 aliphatic rings. The molecule has 120 valence electrons. The normalized spacial score (nSPS) is 14.8. The van der Waals surface area contributed by atoms with Crippen LogP contribution >= 0.6 is 11.6 Å². The molecular formula is C16H26ClNO3. The maximum absolute atomic E-state index is 9.85. The molecule has 0 saturated heterocycles. The van der Waals surface area contributed by atoms with Crippen LogP contribution in [0.1, 0.15) is 27.2 Å². The Balaban J connectivity index is 2.18. The van der Waals surface area contributed by atoms with Crippen molar-refractivity contribution in [1.29, 1.82) is 0 Å². The van der Waals surface area contributed by atoms with Gasteiger partial charge in [-0.15, -0.1) is 0 Å². The molecule has 21 heavy (non-hydrogen) atoms. The molecular weight excluding hydrogens is 290 g/mol. The molecule has 2 unspecified atom stereocenters. The smallest absolute Gasteiger partial charge is 0.120 e. The van der Waals surface area contributed by atoms with E-state index in [1.807, 2.05) is 0 Å². The first kappa shape index (κ1) is 18.2. The average molecular weight is 316 g/mol. The van der Waals surface area contributed by atoms with E-state index in [9.17, 15) is 10.2 Å². The van der Waals surface area contributed by atoms with Gasteiger partial charge in [0, 0.05) is 18.1 Å². The van der Waals surface area contributed by atoms with E-state index in [0.717, 1.165) is 6.42 Å². The average Bonchev–Trinajstić information content (AvgIpc) is 2.34. The SMILES string of the molecule is CC(C)(C)CC(O)CNCC(O)COc1cccc(Cl)c1. The largest absolute Gasteiger partial charge is 0.491 e. The molecule has 0 aliphatic heterocycles. The van der Waals surface area contributed by atoms with Crippen LogP contribution in [0.25, 0.3) is 0 Å². The number of rotatable bonds is 8. The Morgan fingerprint density at radius 3 is 2.48 bits per heavy atom. The summed E-state index contributed by atoms with van der Waals surface area (Å²) < 4.78 is 5.45. The summed E-state index contributed by atoms with van der Waals surface area (Å²) in [5.41, 5.74) is 0.0927. The maximum atomic E-state index is 9.85. The summed E-state index contributed by atoms with van der Waals surface area (Å²) in [6, 6.07) is 7.06. The van der Waals surface area contributed by atoms with Crippen LogP contribution in [0, 0.1) is 5.41 Å².